The monoisotopic (exact) mass is 764 g/mol. The summed E-state index contributed by atoms with van der Waals surface area (Å²) in [5, 5.41) is 3.61. The summed E-state index contributed by atoms with van der Waals surface area (Å²) in [6.07, 6.45) is 6.71. The van der Waals surface area contributed by atoms with E-state index >= 15 is 0 Å². The molecule has 0 radical (unpaired) electrons. The molecule has 2 amide bonds. The molecule has 286 valence electrons. The number of benzene rings is 3. The summed E-state index contributed by atoms with van der Waals surface area (Å²) in [5.41, 5.74) is 2.61. The number of nitrogens with zero attached hydrogens (tertiary/aromatic N) is 3. The van der Waals surface area contributed by atoms with E-state index < -0.39 is 27.8 Å². The highest BCUT2D eigenvalue weighted by atomic mass is 35.5. The molecule has 1 N–H and O–H groups in total. The Morgan fingerprint density at radius 1 is 0.811 bits per heavy atom. The van der Waals surface area contributed by atoms with Crippen LogP contribution < -0.4 is 10.1 Å². The van der Waals surface area contributed by atoms with Crippen molar-refractivity contribution in [1.82, 2.24) is 19.4 Å². The molecule has 3 fully saturated rings. The highest BCUT2D eigenvalue weighted by Crippen LogP contribution is 2.29. The van der Waals surface area contributed by atoms with Crippen molar-refractivity contribution >= 4 is 33.6 Å². The van der Waals surface area contributed by atoms with E-state index in [1.54, 1.807) is 29.2 Å². The van der Waals surface area contributed by atoms with E-state index in [2.05, 4.69) is 34.5 Å². The smallest absolute Gasteiger partial charge is 0.407 e. The van der Waals surface area contributed by atoms with E-state index in [0.717, 1.165) is 16.7 Å². The third-order valence-corrected chi connectivity index (χ3v) is 12.6. The van der Waals surface area contributed by atoms with Crippen LogP contribution in [0.15, 0.2) is 77.7 Å². The van der Waals surface area contributed by atoms with Gasteiger partial charge in [0.25, 0.3) is 0 Å². The lowest BCUT2D eigenvalue weighted by molar-refractivity contribution is -0.138. The Labute approximate surface area is 319 Å². The van der Waals surface area contributed by atoms with Gasteiger partial charge >= 0.3 is 6.09 Å². The molecule has 3 aromatic rings. The molecule has 0 spiro atoms. The van der Waals surface area contributed by atoms with Gasteiger partial charge < -0.3 is 19.7 Å². The molecule has 53 heavy (non-hydrogen) atoms. The summed E-state index contributed by atoms with van der Waals surface area (Å²) in [7, 11) is -4.01. The summed E-state index contributed by atoms with van der Waals surface area (Å²) in [6.45, 7) is 8.39. The van der Waals surface area contributed by atoms with Crippen LogP contribution in [-0.4, -0.2) is 91.5 Å². The fourth-order valence-corrected chi connectivity index (χ4v) is 9.19. The number of likely N-dealkylation sites (tertiary alicyclic amines) is 1. The fourth-order valence-electron chi connectivity index (χ4n) is 7.50. The molecule has 2 heterocycles. The van der Waals surface area contributed by atoms with Crippen molar-refractivity contribution in [1.29, 1.82) is 0 Å². The first-order valence-corrected chi connectivity index (χ1v) is 20.8. The standard InChI is InChI=1S/C41H53ClN4O6S/c1-41(2,3)52-40(48)43-35-21-23-45(24-22-35)39(47)38-28-44(27-30-9-11-32(12-10-30)33-13-15-34(42)16-14-33)25-26-46(38)53(49,50)37-19-17-36(18-20-37)51-29-31-7-5-4-6-8-31/h9-20,31,35,38H,4-8,21-29H2,1-3H3,(H,43,48)/t38-/m0/s1. The van der Waals surface area contributed by atoms with Crippen LogP contribution in [0, 0.1) is 5.92 Å². The maximum atomic E-state index is 14.3. The summed E-state index contributed by atoms with van der Waals surface area (Å²) < 4.78 is 41.4. The molecule has 0 unspecified atom stereocenters. The number of hydrogen-bond donors (Lipinski definition) is 1. The molecule has 2 aliphatic heterocycles. The van der Waals surface area contributed by atoms with Gasteiger partial charge in [0.05, 0.1) is 11.5 Å². The number of rotatable bonds is 10. The summed E-state index contributed by atoms with van der Waals surface area (Å²) >= 11 is 6.08. The van der Waals surface area contributed by atoms with Gasteiger partial charge in [0.1, 0.15) is 17.4 Å². The van der Waals surface area contributed by atoms with Crippen LogP contribution in [0.3, 0.4) is 0 Å². The number of sulfonamides is 1. The highest BCUT2D eigenvalue weighted by Gasteiger charge is 2.42. The molecule has 3 aromatic carbocycles. The molecule has 0 bridgehead atoms. The van der Waals surface area contributed by atoms with E-state index in [9.17, 15) is 18.0 Å². The number of piperidine rings is 1. The average molecular weight is 765 g/mol. The van der Waals surface area contributed by atoms with Gasteiger partial charge in [0.15, 0.2) is 0 Å². The van der Waals surface area contributed by atoms with Gasteiger partial charge in [0.2, 0.25) is 15.9 Å². The summed E-state index contributed by atoms with van der Waals surface area (Å²) in [5.74, 6) is 0.964. The molecule has 0 aromatic heterocycles. The topological polar surface area (TPSA) is 108 Å². The molecule has 1 atom stereocenters. The largest absolute Gasteiger partial charge is 0.493 e. The van der Waals surface area contributed by atoms with Crippen molar-refractivity contribution in [3.8, 4) is 16.9 Å². The zero-order valence-corrected chi connectivity index (χ0v) is 32.7. The first-order chi connectivity index (χ1) is 25.3. The minimum absolute atomic E-state index is 0.133. The maximum Gasteiger partial charge on any atom is 0.407 e. The molecule has 12 heteroatoms. The van der Waals surface area contributed by atoms with Crippen molar-refractivity contribution in [2.24, 2.45) is 5.92 Å². The molecule has 10 nitrogen and oxygen atoms in total. The lowest BCUT2D eigenvalue weighted by atomic mass is 9.90. The molecule has 2 saturated heterocycles. The Bertz CT molecular complexity index is 1780. The second-order valence-corrected chi connectivity index (χ2v) is 17.9. The van der Waals surface area contributed by atoms with E-state index in [1.807, 2.05) is 45.0 Å². The molecule has 3 aliphatic rings. The number of halogens is 1. The molecule has 1 aliphatic carbocycles. The summed E-state index contributed by atoms with van der Waals surface area (Å²) in [4.78, 5) is 30.8. The predicted octanol–water partition coefficient (Wildman–Crippen LogP) is 7.36. The average Bonchev–Trinajstić information content (AvgIpc) is 3.14. The molecule has 1 saturated carbocycles. The lowest BCUT2D eigenvalue weighted by Gasteiger charge is -2.42. The van der Waals surface area contributed by atoms with Crippen LogP contribution >= 0.6 is 11.6 Å². The number of carbonyl (C=O) groups is 2. The number of hydrogen-bond acceptors (Lipinski definition) is 7. The summed E-state index contributed by atoms with van der Waals surface area (Å²) in [6, 6.07) is 21.6. The van der Waals surface area contributed by atoms with Gasteiger partial charge in [-0.15, -0.1) is 0 Å². The highest BCUT2D eigenvalue weighted by molar-refractivity contribution is 7.89. The van der Waals surface area contributed by atoms with Gasteiger partial charge in [-0.2, -0.15) is 4.31 Å². The number of nitrogens with one attached hydrogen (secondary N) is 1. The number of ether oxygens (including phenoxy) is 2. The van der Waals surface area contributed by atoms with Crippen LogP contribution in [0.4, 0.5) is 4.79 Å². The Morgan fingerprint density at radius 2 is 1.43 bits per heavy atom. The molecule has 6 rings (SSSR count). The Kier molecular flexibility index (Phi) is 12.7. The van der Waals surface area contributed by atoms with E-state index in [1.165, 1.54) is 36.4 Å². The van der Waals surface area contributed by atoms with Gasteiger partial charge in [-0.1, -0.05) is 67.3 Å². The van der Waals surface area contributed by atoms with Crippen molar-refractivity contribution in [2.75, 3.05) is 39.3 Å². The number of alkyl carbamates (subject to hydrolysis) is 1. The van der Waals surface area contributed by atoms with Crippen molar-refractivity contribution in [2.45, 2.75) is 94.8 Å². The van der Waals surface area contributed by atoms with Crippen LogP contribution in [0.2, 0.25) is 5.02 Å². The second kappa shape index (κ2) is 17.2. The Morgan fingerprint density at radius 3 is 2.06 bits per heavy atom. The minimum Gasteiger partial charge on any atom is -0.493 e. The lowest BCUT2D eigenvalue weighted by Crippen LogP contribution is -2.61. The van der Waals surface area contributed by atoms with Gasteiger partial charge in [-0.05, 0) is 105 Å². The maximum absolute atomic E-state index is 14.3. The first-order valence-electron chi connectivity index (χ1n) is 18.9. The SMILES string of the molecule is CC(C)(C)OC(=O)NC1CCN(C(=O)[C@@H]2CN(Cc3ccc(-c4ccc(Cl)cc4)cc3)CCN2S(=O)(=O)c2ccc(OCC3CCCCC3)cc2)CC1. The third-order valence-electron chi connectivity index (χ3n) is 10.4. The van der Waals surface area contributed by atoms with Crippen molar-refractivity contribution < 1.29 is 27.5 Å². The normalized spacial score (nSPS) is 19.8. The first kappa shape index (κ1) is 39.1. The van der Waals surface area contributed by atoms with Crippen LogP contribution in [0.25, 0.3) is 11.1 Å². The van der Waals surface area contributed by atoms with Gasteiger partial charge in [-0.25, -0.2) is 13.2 Å². The quantitative estimate of drug-likeness (QED) is 0.230. The predicted molar refractivity (Wildman–Crippen MR) is 207 cm³/mol. The zero-order valence-electron chi connectivity index (χ0n) is 31.1. The van der Waals surface area contributed by atoms with Crippen LogP contribution in [-0.2, 0) is 26.1 Å². The fraction of sp³-hybridized carbons (Fsp3) is 0.512. The van der Waals surface area contributed by atoms with E-state index in [4.69, 9.17) is 21.1 Å². The van der Waals surface area contributed by atoms with Crippen LogP contribution in [0.1, 0.15) is 71.3 Å². The zero-order chi connectivity index (χ0) is 37.6. The minimum atomic E-state index is -4.01. The number of piperazine rings is 1. The van der Waals surface area contributed by atoms with Crippen molar-refractivity contribution in [3.63, 3.8) is 0 Å². The Hall–Kier alpha value is -3.64. The third kappa shape index (κ3) is 10.5. The van der Waals surface area contributed by atoms with Crippen molar-refractivity contribution in [3.05, 3.63) is 83.4 Å². The Balaban J connectivity index is 1.15. The second-order valence-electron chi connectivity index (χ2n) is 15.6. The van der Waals surface area contributed by atoms with E-state index in [0.29, 0.717) is 62.3 Å². The van der Waals surface area contributed by atoms with Gasteiger partial charge in [0, 0.05) is 50.3 Å². The van der Waals surface area contributed by atoms with E-state index in [-0.39, 0.29) is 29.9 Å². The van der Waals surface area contributed by atoms with Gasteiger partial charge in [-0.3, -0.25) is 9.69 Å². The molecular weight excluding hydrogens is 712 g/mol. The molecular formula is C41H53ClN4O6S. The number of amides is 2. The number of carbonyl (C=O) groups excluding carboxylic acids is 2. The van der Waals surface area contributed by atoms with Crippen LogP contribution in [0.5, 0.6) is 5.75 Å².